The zero-order valence-electron chi connectivity index (χ0n) is 14.2. The molecule has 9 heteroatoms. The summed E-state index contributed by atoms with van der Waals surface area (Å²) in [5, 5.41) is 11.9. The van der Waals surface area contributed by atoms with Gasteiger partial charge >= 0.3 is 6.03 Å². The summed E-state index contributed by atoms with van der Waals surface area (Å²) >= 11 is 1.16. The Kier molecular flexibility index (Phi) is 4.13. The van der Waals surface area contributed by atoms with E-state index in [-0.39, 0.29) is 23.4 Å². The van der Waals surface area contributed by atoms with Crippen molar-refractivity contribution in [3.05, 3.63) is 0 Å². The van der Waals surface area contributed by atoms with Crippen LogP contribution in [0.2, 0.25) is 0 Å². The van der Waals surface area contributed by atoms with Crippen LogP contribution in [-0.4, -0.2) is 37.9 Å². The lowest BCUT2D eigenvalue weighted by atomic mass is 9.53. The maximum Gasteiger partial charge on any atom is 0.321 e. The molecule has 1 aromatic heterocycles. The number of rotatable bonds is 4. The van der Waals surface area contributed by atoms with E-state index in [1.807, 2.05) is 0 Å². The number of aromatic amines is 1. The second-order valence-corrected chi connectivity index (χ2v) is 9.21. The van der Waals surface area contributed by atoms with Crippen LogP contribution in [0.1, 0.15) is 45.4 Å². The quantitative estimate of drug-likeness (QED) is 0.602. The molecule has 8 nitrogen and oxygen atoms in total. The predicted molar refractivity (Wildman–Crippen MR) is 93.7 cm³/mol. The van der Waals surface area contributed by atoms with Crippen molar-refractivity contribution >= 4 is 29.6 Å². The fourth-order valence-electron chi connectivity index (χ4n) is 5.27. The van der Waals surface area contributed by atoms with Gasteiger partial charge in [0.2, 0.25) is 17.0 Å². The molecule has 0 saturated heterocycles. The third-order valence-corrected chi connectivity index (χ3v) is 6.75. The zero-order valence-corrected chi connectivity index (χ0v) is 15.1. The van der Waals surface area contributed by atoms with Crippen LogP contribution < -0.4 is 16.4 Å². The molecule has 1 aromatic rings. The number of aromatic nitrogens is 3. The molecule has 0 aliphatic heterocycles. The third-order valence-electron chi connectivity index (χ3n) is 5.79. The van der Waals surface area contributed by atoms with Crippen molar-refractivity contribution < 1.29 is 9.59 Å². The Balaban J connectivity index is 1.32. The van der Waals surface area contributed by atoms with Gasteiger partial charge in [-0.15, -0.1) is 5.10 Å². The minimum atomic E-state index is -0.489. The van der Waals surface area contributed by atoms with E-state index in [1.165, 1.54) is 19.3 Å². The van der Waals surface area contributed by atoms with Crippen molar-refractivity contribution in [1.82, 2.24) is 25.8 Å². The van der Waals surface area contributed by atoms with E-state index in [2.05, 4.69) is 25.8 Å². The lowest BCUT2D eigenvalue weighted by Crippen LogP contribution is -2.62. The van der Waals surface area contributed by atoms with Gasteiger partial charge in [-0.25, -0.2) is 9.89 Å². The number of imide groups is 1. The summed E-state index contributed by atoms with van der Waals surface area (Å²) in [5.41, 5.74) is 5.37. The van der Waals surface area contributed by atoms with E-state index >= 15 is 0 Å². The van der Waals surface area contributed by atoms with Gasteiger partial charge in [0.25, 0.3) is 0 Å². The summed E-state index contributed by atoms with van der Waals surface area (Å²) in [5.74, 6) is 2.08. The molecule has 0 radical (unpaired) electrons. The van der Waals surface area contributed by atoms with Gasteiger partial charge in [-0.3, -0.25) is 10.1 Å². The average molecular weight is 364 g/mol. The van der Waals surface area contributed by atoms with E-state index in [0.29, 0.717) is 5.16 Å². The first-order valence-corrected chi connectivity index (χ1v) is 9.76. The number of nitrogens with zero attached hydrogens (tertiary/aromatic N) is 2. The Morgan fingerprint density at radius 3 is 2.36 bits per heavy atom. The summed E-state index contributed by atoms with van der Waals surface area (Å²) in [6.07, 6.45) is 7.11. The topological polar surface area (TPSA) is 126 Å². The van der Waals surface area contributed by atoms with Crippen molar-refractivity contribution in [1.29, 1.82) is 0 Å². The Morgan fingerprint density at radius 2 is 1.84 bits per heavy atom. The van der Waals surface area contributed by atoms with E-state index in [9.17, 15) is 9.59 Å². The highest BCUT2D eigenvalue weighted by Gasteiger charge is 2.51. The van der Waals surface area contributed by atoms with Crippen LogP contribution >= 0.6 is 11.8 Å². The fraction of sp³-hybridized carbons (Fsp3) is 0.750. The van der Waals surface area contributed by atoms with Crippen molar-refractivity contribution in [3.63, 3.8) is 0 Å². The lowest BCUT2D eigenvalue weighted by Gasteiger charge is -2.56. The van der Waals surface area contributed by atoms with E-state index in [0.717, 1.165) is 48.8 Å². The lowest BCUT2D eigenvalue weighted by molar-refractivity contribution is -0.119. The first-order valence-electron chi connectivity index (χ1n) is 8.88. The highest BCUT2D eigenvalue weighted by molar-refractivity contribution is 8.00. The van der Waals surface area contributed by atoms with Gasteiger partial charge < -0.3 is 11.1 Å². The second-order valence-electron chi connectivity index (χ2n) is 7.90. The molecule has 1 heterocycles. The molecular weight excluding hydrogens is 340 g/mol. The molecule has 0 spiro atoms. The van der Waals surface area contributed by atoms with Crippen LogP contribution in [0.25, 0.3) is 0 Å². The first kappa shape index (κ1) is 16.7. The molecule has 4 fully saturated rings. The number of carbonyl (C=O) groups is 2. The average Bonchev–Trinajstić information content (AvgIpc) is 2.90. The summed E-state index contributed by atoms with van der Waals surface area (Å²) < 4.78 is 0. The number of thioether (sulfide) groups is 1. The second kappa shape index (κ2) is 6.19. The number of carbonyl (C=O) groups excluding carboxylic acids is 2. The number of hydrogen-bond acceptors (Lipinski definition) is 6. The van der Waals surface area contributed by atoms with Gasteiger partial charge in [0, 0.05) is 5.54 Å². The van der Waals surface area contributed by atoms with Crippen LogP contribution in [0.5, 0.6) is 0 Å². The van der Waals surface area contributed by atoms with E-state index < -0.39 is 5.25 Å². The monoisotopic (exact) mass is 364 g/mol. The number of H-pyrrole nitrogens is 1. The molecule has 1 atom stereocenters. The molecule has 0 unspecified atom stereocenters. The largest absolute Gasteiger partial charge is 0.368 e. The van der Waals surface area contributed by atoms with E-state index in [4.69, 9.17) is 5.73 Å². The highest BCUT2D eigenvalue weighted by Crippen LogP contribution is 2.55. The normalized spacial score (nSPS) is 33.9. The third kappa shape index (κ3) is 3.47. The van der Waals surface area contributed by atoms with Gasteiger partial charge in [0.1, 0.15) is 0 Å². The van der Waals surface area contributed by atoms with Crippen LogP contribution in [0, 0.1) is 17.8 Å². The van der Waals surface area contributed by atoms with Gasteiger partial charge in [-0.1, -0.05) is 11.8 Å². The maximum absolute atomic E-state index is 12.4. The van der Waals surface area contributed by atoms with Crippen molar-refractivity contribution in [2.75, 3.05) is 5.73 Å². The van der Waals surface area contributed by atoms with Crippen LogP contribution in [0.4, 0.5) is 10.7 Å². The predicted octanol–water partition coefficient (Wildman–Crippen LogP) is 1.66. The van der Waals surface area contributed by atoms with Gasteiger partial charge in [0.05, 0.1) is 5.25 Å². The van der Waals surface area contributed by atoms with Crippen LogP contribution in [0.3, 0.4) is 0 Å². The van der Waals surface area contributed by atoms with Crippen LogP contribution in [-0.2, 0) is 4.79 Å². The summed E-state index contributed by atoms with van der Waals surface area (Å²) in [4.78, 5) is 28.6. The molecule has 4 aliphatic rings. The van der Waals surface area contributed by atoms with Gasteiger partial charge in [0.15, 0.2) is 0 Å². The maximum atomic E-state index is 12.4. The number of urea groups is 1. The van der Waals surface area contributed by atoms with Gasteiger partial charge in [-0.2, -0.15) is 4.98 Å². The van der Waals surface area contributed by atoms with Crippen LogP contribution in [0.15, 0.2) is 5.16 Å². The minimum Gasteiger partial charge on any atom is -0.368 e. The molecule has 25 heavy (non-hydrogen) atoms. The molecule has 4 aliphatic carbocycles. The number of hydrogen-bond donors (Lipinski definition) is 4. The zero-order chi connectivity index (χ0) is 17.6. The summed E-state index contributed by atoms with van der Waals surface area (Å²) in [7, 11) is 0. The van der Waals surface area contributed by atoms with E-state index in [1.54, 1.807) is 6.92 Å². The van der Waals surface area contributed by atoms with Crippen molar-refractivity contribution in [3.8, 4) is 0 Å². The SMILES string of the molecule is C[C@H](Sc1n[nH]c(N)n1)C(=O)NC(=O)NC12CC3CC(CC(C3)C1)C2. The minimum absolute atomic E-state index is 0.103. The molecule has 136 valence electrons. The smallest absolute Gasteiger partial charge is 0.321 e. The van der Waals surface area contributed by atoms with Crippen molar-refractivity contribution in [2.24, 2.45) is 17.8 Å². The molecule has 4 saturated carbocycles. The number of amides is 3. The molecule has 5 rings (SSSR count). The molecule has 0 aromatic carbocycles. The summed E-state index contributed by atoms with van der Waals surface area (Å²) in [6.45, 7) is 1.71. The Bertz CT molecular complexity index is 655. The Morgan fingerprint density at radius 1 is 1.24 bits per heavy atom. The summed E-state index contributed by atoms with van der Waals surface area (Å²) in [6, 6.07) is -0.381. The van der Waals surface area contributed by atoms with Gasteiger partial charge in [-0.05, 0) is 63.2 Å². The Hall–Kier alpha value is -1.77. The Labute approximate surface area is 150 Å². The molecule has 3 amide bonds. The number of nitrogen functional groups attached to an aromatic ring is 1. The standard InChI is InChI=1S/C16H24N6O2S/c1-8(25-15-19-13(17)21-22-15)12(23)18-14(24)20-16-5-9-2-10(6-16)4-11(3-9)7-16/h8-11H,2-7H2,1H3,(H3,17,19,21,22)(H2,18,20,23,24)/t8-,9?,10?,11?,16?/m0/s1. The first-order chi connectivity index (χ1) is 11.9. The number of nitrogens with one attached hydrogen (secondary N) is 3. The van der Waals surface area contributed by atoms with Crippen molar-refractivity contribution in [2.45, 2.75) is 61.4 Å². The highest BCUT2D eigenvalue weighted by atomic mass is 32.2. The fourth-order valence-corrected chi connectivity index (χ4v) is 6.00. The number of anilines is 1. The molecular formula is C16H24N6O2S. The number of nitrogens with two attached hydrogens (primary N) is 1. The molecule has 5 N–H and O–H groups in total. The molecule has 4 bridgehead atoms.